The van der Waals surface area contributed by atoms with E-state index in [9.17, 15) is 33.9 Å². The van der Waals surface area contributed by atoms with E-state index in [-0.39, 0.29) is 17.5 Å². The molecule has 5 rings (SSSR count). The molecule has 9 atom stereocenters. The summed E-state index contributed by atoms with van der Waals surface area (Å²) in [6.07, 6.45) is -5.91. The van der Waals surface area contributed by atoms with E-state index in [1.807, 2.05) is 0 Å². The highest BCUT2D eigenvalue weighted by atomic mass is 16.7. The molecule has 1 spiro atoms. The molecular weight excluding hydrogens is 670 g/mol. The SMILES string of the molecule is CC(=O)OC[C@]12[C@H](OC(=O)c3cccnc3)C[C@@H]3[C@@H](OC(=O)c4ccccc4)[C@]1(OC3(C)C)[C@](C)(O)C(OC(C)=O)[C@H](OC(C)=O)[C@@H]2OC(C)=O. The van der Waals surface area contributed by atoms with Crippen molar-refractivity contribution in [3.8, 4) is 0 Å². The minimum Gasteiger partial charge on any atom is -0.465 e. The zero-order valence-electron chi connectivity index (χ0n) is 29.3. The molecule has 1 aromatic heterocycles. The predicted molar refractivity (Wildman–Crippen MR) is 171 cm³/mol. The zero-order valence-corrected chi connectivity index (χ0v) is 29.3. The minimum absolute atomic E-state index is 0.0280. The normalized spacial score (nSPS) is 33.1. The van der Waals surface area contributed by atoms with Gasteiger partial charge in [-0.2, -0.15) is 0 Å². The van der Waals surface area contributed by atoms with Crippen LogP contribution in [-0.2, 0) is 52.3 Å². The van der Waals surface area contributed by atoms with Crippen LogP contribution in [0, 0.1) is 11.3 Å². The number of carbonyl (C=O) groups excluding carboxylic acids is 6. The number of carbonyl (C=O) groups is 6. The van der Waals surface area contributed by atoms with Gasteiger partial charge in [-0.3, -0.25) is 24.2 Å². The Morgan fingerprint density at radius 3 is 1.90 bits per heavy atom. The molecule has 15 nitrogen and oxygen atoms in total. The quantitative estimate of drug-likeness (QED) is 0.294. The lowest BCUT2D eigenvalue weighted by Crippen LogP contribution is -2.87. The van der Waals surface area contributed by atoms with Crippen LogP contribution < -0.4 is 0 Å². The molecule has 2 aromatic rings. The first-order chi connectivity index (χ1) is 23.9. The second kappa shape index (κ2) is 13.7. The molecule has 1 saturated heterocycles. The van der Waals surface area contributed by atoms with Gasteiger partial charge in [0, 0.05) is 46.0 Å². The predicted octanol–water partition coefficient (Wildman–Crippen LogP) is 2.51. The monoisotopic (exact) mass is 711 g/mol. The van der Waals surface area contributed by atoms with Crippen LogP contribution in [0.1, 0.15) is 75.6 Å². The Morgan fingerprint density at radius 1 is 0.745 bits per heavy atom. The number of pyridine rings is 1. The molecule has 2 aliphatic carbocycles. The van der Waals surface area contributed by atoms with Gasteiger partial charge in [-0.05, 0) is 51.5 Å². The lowest BCUT2D eigenvalue weighted by atomic mass is 9.45. The van der Waals surface area contributed by atoms with Crippen molar-refractivity contribution in [2.24, 2.45) is 11.3 Å². The summed E-state index contributed by atoms with van der Waals surface area (Å²) in [5.74, 6) is -6.21. The average Bonchev–Trinajstić information content (AvgIpc) is 3.23. The fourth-order valence-electron chi connectivity index (χ4n) is 8.17. The number of hydrogen-bond acceptors (Lipinski definition) is 15. The molecule has 1 unspecified atom stereocenters. The van der Waals surface area contributed by atoms with E-state index in [0.717, 1.165) is 27.7 Å². The summed E-state index contributed by atoms with van der Waals surface area (Å²) in [5.41, 5.74) is -8.30. The highest BCUT2D eigenvalue weighted by Gasteiger charge is 2.89. The molecule has 2 bridgehead atoms. The minimum atomic E-state index is -2.54. The summed E-state index contributed by atoms with van der Waals surface area (Å²) in [5, 5.41) is 13.1. The molecule has 51 heavy (non-hydrogen) atoms. The van der Waals surface area contributed by atoms with E-state index in [2.05, 4.69) is 4.98 Å². The fourth-order valence-corrected chi connectivity index (χ4v) is 8.17. The second-order valence-corrected chi connectivity index (χ2v) is 13.7. The smallest absolute Gasteiger partial charge is 0.340 e. The summed E-state index contributed by atoms with van der Waals surface area (Å²) in [7, 11) is 0. The number of nitrogens with zero attached hydrogens (tertiary/aromatic N) is 1. The maximum atomic E-state index is 13.9. The Bertz CT molecular complexity index is 1690. The molecule has 3 aliphatic rings. The van der Waals surface area contributed by atoms with Crippen molar-refractivity contribution in [2.45, 2.75) is 102 Å². The van der Waals surface area contributed by atoms with Gasteiger partial charge in [0.2, 0.25) is 0 Å². The van der Waals surface area contributed by atoms with Gasteiger partial charge < -0.3 is 38.3 Å². The van der Waals surface area contributed by atoms with Crippen molar-refractivity contribution in [1.29, 1.82) is 0 Å². The zero-order chi connectivity index (χ0) is 37.5. The Labute approximate surface area is 293 Å². The van der Waals surface area contributed by atoms with Crippen LogP contribution in [0.5, 0.6) is 0 Å². The Morgan fingerprint density at radius 2 is 1.33 bits per heavy atom. The largest absolute Gasteiger partial charge is 0.465 e. The number of ether oxygens (including phenoxy) is 7. The third-order valence-corrected chi connectivity index (χ3v) is 10.0. The Balaban J connectivity index is 1.87. The topological polar surface area (TPSA) is 200 Å². The first-order valence-corrected chi connectivity index (χ1v) is 16.3. The molecule has 2 saturated carbocycles. The van der Waals surface area contributed by atoms with Crippen LogP contribution in [-0.4, -0.2) is 99.8 Å². The maximum absolute atomic E-state index is 13.9. The fraction of sp³-hybridized carbons (Fsp3) is 0.528. The Kier molecular flexibility index (Phi) is 10.0. The molecule has 0 amide bonds. The van der Waals surface area contributed by atoms with Gasteiger partial charge in [-0.1, -0.05) is 18.2 Å². The van der Waals surface area contributed by atoms with E-state index in [4.69, 9.17) is 33.2 Å². The Hall–Kier alpha value is -4.89. The van der Waals surface area contributed by atoms with Crippen LogP contribution in [0.2, 0.25) is 0 Å². The number of benzene rings is 1. The molecule has 274 valence electrons. The first kappa shape index (κ1) is 37.4. The van der Waals surface area contributed by atoms with Crippen molar-refractivity contribution in [3.63, 3.8) is 0 Å². The van der Waals surface area contributed by atoms with Crippen molar-refractivity contribution in [3.05, 3.63) is 66.0 Å². The van der Waals surface area contributed by atoms with Crippen molar-refractivity contribution >= 4 is 35.8 Å². The van der Waals surface area contributed by atoms with Crippen molar-refractivity contribution < 1.29 is 67.0 Å². The highest BCUT2D eigenvalue weighted by molar-refractivity contribution is 5.90. The van der Waals surface area contributed by atoms with Gasteiger partial charge in [0.05, 0.1) is 16.7 Å². The van der Waals surface area contributed by atoms with E-state index in [1.54, 1.807) is 32.0 Å². The number of rotatable bonds is 9. The molecular formula is C36H41NO14. The maximum Gasteiger partial charge on any atom is 0.340 e. The third-order valence-electron chi connectivity index (χ3n) is 10.0. The summed E-state index contributed by atoms with van der Waals surface area (Å²) >= 11 is 0. The van der Waals surface area contributed by atoms with Crippen LogP contribution in [0.4, 0.5) is 0 Å². The van der Waals surface area contributed by atoms with E-state index in [0.29, 0.717) is 0 Å². The number of hydrogen-bond donors (Lipinski definition) is 1. The molecule has 3 fully saturated rings. The summed E-state index contributed by atoms with van der Waals surface area (Å²) in [6.45, 7) is 7.99. The number of aliphatic hydroxyl groups is 1. The third kappa shape index (κ3) is 6.33. The number of esters is 6. The summed E-state index contributed by atoms with van der Waals surface area (Å²) in [4.78, 5) is 82.8. The van der Waals surface area contributed by atoms with Gasteiger partial charge in [0.25, 0.3) is 0 Å². The van der Waals surface area contributed by atoms with Gasteiger partial charge in [0.1, 0.15) is 29.8 Å². The first-order valence-electron chi connectivity index (χ1n) is 16.3. The van der Waals surface area contributed by atoms with Crippen molar-refractivity contribution in [2.75, 3.05) is 6.61 Å². The van der Waals surface area contributed by atoms with Crippen LogP contribution in [0.25, 0.3) is 0 Å². The van der Waals surface area contributed by atoms with Crippen molar-refractivity contribution in [1.82, 2.24) is 4.98 Å². The van der Waals surface area contributed by atoms with Gasteiger partial charge in [-0.15, -0.1) is 0 Å². The molecule has 0 radical (unpaired) electrons. The van der Waals surface area contributed by atoms with E-state index >= 15 is 0 Å². The lowest BCUT2D eigenvalue weighted by Gasteiger charge is -2.67. The second-order valence-electron chi connectivity index (χ2n) is 13.7. The number of aromatic nitrogens is 1. The standard InChI is InChI=1S/C36H41NO14/c1-19(38)45-18-35-26(49-32(43)24-14-11-15-37-17-24)16-25-28(50-31(42)23-12-9-8-10-13-23)36(35,51-33(25,5)6)34(7,44)29(47-21(3)40)27(46-20(2)39)30(35)48-22(4)41/h8-15,17,25-30,44H,16,18H2,1-7H3/t25-,26-,27+,28-,29?,30+,34-,35-,36+/m1/s1. The summed E-state index contributed by atoms with van der Waals surface area (Å²) in [6, 6.07) is 10.9. The molecule has 15 heteroatoms. The van der Waals surface area contributed by atoms with E-state index in [1.165, 1.54) is 43.6 Å². The van der Waals surface area contributed by atoms with Gasteiger partial charge in [0.15, 0.2) is 23.9 Å². The highest BCUT2D eigenvalue weighted by Crippen LogP contribution is 2.69. The average molecular weight is 712 g/mol. The molecule has 2 heterocycles. The van der Waals surface area contributed by atoms with Crippen LogP contribution in [0.3, 0.4) is 0 Å². The lowest BCUT2D eigenvalue weighted by molar-refractivity contribution is -0.378. The van der Waals surface area contributed by atoms with Crippen LogP contribution >= 0.6 is 0 Å². The number of fused-ring (bicyclic) bond motifs is 1. The molecule has 1 N–H and O–H groups in total. The van der Waals surface area contributed by atoms with Gasteiger partial charge in [-0.25, -0.2) is 9.59 Å². The molecule has 1 aliphatic heterocycles. The van der Waals surface area contributed by atoms with Gasteiger partial charge >= 0.3 is 35.8 Å². The molecule has 1 aromatic carbocycles. The van der Waals surface area contributed by atoms with Crippen LogP contribution in [0.15, 0.2) is 54.9 Å². The summed E-state index contributed by atoms with van der Waals surface area (Å²) < 4.78 is 42.4. The van der Waals surface area contributed by atoms with E-state index < -0.39 is 101 Å².